The van der Waals surface area contributed by atoms with Gasteiger partial charge in [-0.1, -0.05) is 0 Å². The fourth-order valence-corrected chi connectivity index (χ4v) is 3.65. The average Bonchev–Trinajstić information content (AvgIpc) is 3.21. The summed E-state index contributed by atoms with van der Waals surface area (Å²) in [6, 6.07) is 2.50. The fraction of sp³-hybridized carbons (Fsp3) is 0.389. The van der Waals surface area contributed by atoms with E-state index in [1.165, 1.54) is 30.1 Å². The maximum absolute atomic E-state index is 13.4. The molecule has 30 heavy (non-hydrogen) atoms. The van der Waals surface area contributed by atoms with Crippen molar-refractivity contribution in [3.05, 3.63) is 41.5 Å². The van der Waals surface area contributed by atoms with Gasteiger partial charge in [0.2, 0.25) is 11.8 Å². The zero-order chi connectivity index (χ0) is 21.4. The number of nitrogens with two attached hydrogens (primary N) is 2. The van der Waals surface area contributed by atoms with Gasteiger partial charge in [-0.3, -0.25) is 4.79 Å². The van der Waals surface area contributed by atoms with Crippen molar-refractivity contribution < 1.29 is 18.3 Å². The van der Waals surface area contributed by atoms with E-state index < -0.39 is 12.3 Å². The molecule has 0 bridgehead atoms. The number of rotatable bonds is 4. The molecule has 10 nitrogen and oxygen atoms in total. The second kappa shape index (κ2) is 7.78. The van der Waals surface area contributed by atoms with Crippen molar-refractivity contribution >= 4 is 17.5 Å². The van der Waals surface area contributed by atoms with E-state index in [9.17, 15) is 13.6 Å². The van der Waals surface area contributed by atoms with Gasteiger partial charge in [0.25, 0.3) is 12.3 Å². The van der Waals surface area contributed by atoms with Gasteiger partial charge < -0.3 is 21.1 Å². The van der Waals surface area contributed by atoms with E-state index in [4.69, 9.17) is 16.2 Å². The number of hydrogen-bond acceptors (Lipinski definition) is 8. The number of likely N-dealkylation sites (tertiary alicyclic amines) is 1. The summed E-state index contributed by atoms with van der Waals surface area (Å²) in [5.41, 5.74) is 12.5. The largest absolute Gasteiger partial charge is 0.480 e. The number of alkyl halides is 2. The van der Waals surface area contributed by atoms with Crippen LogP contribution >= 0.6 is 0 Å². The highest BCUT2D eigenvalue weighted by Gasteiger charge is 2.34. The van der Waals surface area contributed by atoms with Gasteiger partial charge in [0, 0.05) is 37.3 Å². The maximum atomic E-state index is 13.4. The second-order valence-electron chi connectivity index (χ2n) is 6.97. The normalized spacial score (nSPS) is 19.4. The minimum atomic E-state index is -2.74. The highest BCUT2D eigenvalue weighted by molar-refractivity contribution is 5.96. The predicted molar refractivity (Wildman–Crippen MR) is 102 cm³/mol. The lowest BCUT2D eigenvalue weighted by Gasteiger charge is -2.37. The van der Waals surface area contributed by atoms with Crippen LogP contribution in [0.15, 0.2) is 24.5 Å². The van der Waals surface area contributed by atoms with E-state index in [1.54, 1.807) is 11.0 Å². The summed E-state index contributed by atoms with van der Waals surface area (Å²) in [6.07, 6.45) is 0.524. The molecule has 1 aliphatic heterocycles. The molecular weight excluding hydrogens is 398 g/mol. The highest BCUT2D eigenvalue weighted by Crippen LogP contribution is 2.30. The topological polar surface area (TPSA) is 138 Å². The molecule has 1 saturated heterocycles. The van der Waals surface area contributed by atoms with Crippen LogP contribution in [-0.2, 0) is 0 Å². The Morgan fingerprint density at radius 2 is 2.17 bits per heavy atom. The van der Waals surface area contributed by atoms with Crippen LogP contribution < -0.4 is 16.2 Å². The average molecular weight is 418 g/mol. The molecule has 0 saturated carbocycles. The van der Waals surface area contributed by atoms with Crippen LogP contribution in [0, 0.1) is 0 Å². The van der Waals surface area contributed by atoms with E-state index in [2.05, 4.69) is 20.1 Å². The first-order valence-corrected chi connectivity index (χ1v) is 9.23. The third-order valence-electron chi connectivity index (χ3n) is 5.16. The Labute approximate surface area is 169 Å². The van der Waals surface area contributed by atoms with E-state index in [1.807, 2.05) is 0 Å². The molecule has 4 N–H and O–H groups in total. The molecule has 3 aromatic heterocycles. The summed E-state index contributed by atoms with van der Waals surface area (Å²) < 4.78 is 33.4. The van der Waals surface area contributed by atoms with Crippen LogP contribution in [0.5, 0.6) is 5.88 Å². The first-order chi connectivity index (χ1) is 14.4. The molecular formula is C18H20F2N8O2. The number of aromatic nitrogens is 5. The fourth-order valence-electron chi connectivity index (χ4n) is 3.65. The molecule has 0 spiro atoms. The molecule has 158 valence electrons. The van der Waals surface area contributed by atoms with E-state index in [0.29, 0.717) is 24.3 Å². The molecule has 0 aliphatic carbocycles. The Kier molecular flexibility index (Phi) is 5.16. The summed E-state index contributed by atoms with van der Waals surface area (Å²) in [6.45, 7) is 0.592. The number of fused-ring (bicyclic) bond motifs is 1. The Balaban J connectivity index is 1.69. The number of carbonyl (C=O) groups is 1. The van der Waals surface area contributed by atoms with Crippen LogP contribution in [0.3, 0.4) is 0 Å². The van der Waals surface area contributed by atoms with Gasteiger partial charge in [0.05, 0.1) is 19.0 Å². The Morgan fingerprint density at radius 3 is 2.90 bits per heavy atom. The lowest BCUT2D eigenvalue weighted by molar-refractivity contribution is 0.0686. The number of halogens is 2. The SMILES string of the molecule is COc1nc(N)ncc1C(=O)N1CC[C@H](N)[C@H](c2cc(C(F)F)nc3ccnn23)C1. The van der Waals surface area contributed by atoms with Gasteiger partial charge in [-0.2, -0.15) is 10.1 Å². The number of amides is 1. The van der Waals surface area contributed by atoms with Crippen molar-refractivity contribution in [2.75, 3.05) is 25.9 Å². The number of ether oxygens (including phenoxy) is 1. The summed E-state index contributed by atoms with van der Waals surface area (Å²) in [7, 11) is 1.38. The molecule has 0 unspecified atom stereocenters. The minimum absolute atomic E-state index is 0.0145. The zero-order valence-corrected chi connectivity index (χ0v) is 16.1. The molecule has 2 atom stereocenters. The lowest BCUT2D eigenvalue weighted by Crippen LogP contribution is -2.48. The van der Waals surface area contributed by atoms with Crippen LogP contribution in [0.2, 0.25) is 0 Å². The second-order valence-corrected chi connectivity index (χ2v) is 6.97. The lowest BCUT2D eigenvalue weighted by atomic mass is 9.89. The molecule has 0 radical (unpaired) electrons. The van der Waals surface area contributed by atoms with Crippen LogP contribution in [0.25, 0.3) is 5.65 Å². The molecule has 12 heteroatoms. The van der Waals surface area contributed by atoms with Gasteiger partial charge in [-0.25, -0.2) is 23.3 Å². The third-order valence-corrected chi connectivity index (χ3v) is 5.16. The van der Waals surface area contributed by atoms with Crippen LogP contribution in [0.1, 0.15) is 40.5 Å². The van der Waals surface area contributed by atoms with Gasteiger partial charge in [0.15, 0.2) is 5.65 Å². The zero-order valence-electron chi connectivity index (χ0n) is 16.1. The van der Waals surface area contributed by atoms with Crippen molar-refractivity contribution in [2.45, 2.75) is 24.8 Å². The van der Waals surface area contributed by atoms with Gasteiger partial charge in [-0.15, -0.1) is 0 Å². The molecule has 0 aromatic carbocycles. The van der Waals surface area contributed by atoms with E-state index in [0.717, 1.165) is 0 Å². The molecule has 4 rings (SSSR count). The first kappa shape index (κ1) is 19.9. The van der Waals surface area contributed by atoms with Gasteiger partial charge >= 0.3 is 0 Å². The van der Waals surface area contributed by atoms with E-state index in [-0.39, 0.29) is 41.6 Å². The molecule has 3 aromatic rings. The summed E-state index contributed by atoms with van der Waals surface area (Å²) in [4.78, 5) is 26.4. The van der Waals surface area contributed by atoms with Crippen molar-refractivity contribution in [3.63, 3.8) is 0 Å². The monoisotopic (exact) mass is 418 g/mol. The van der Waals surface area contributed by atoms with Crippen molar-refractivity contribution in [3.8, 4) is 5.88 Å². The van der Waals surface area contributed by atoms with Crippen molar-refractivity contribution in [1.29, 1.82) is 0 Å². The Bertz CT molecular complexity index is 1090. The number of nitrogens with zero attached hydrogens (tertiary/aromatic N) is 6. The van der Waals surface area contributed by atoms with E-state index >= 15 is 0 Å². The quantitative estimate of drug-likeness (QED) is 0.640. The molecule has 1 fully saturated rings. The highest BCUT2D eigenvalue weighted by atomic mass is 19.3. The number of hydrogen-bond donors (Lipinski definition) is 2. The van der Waals surface area contributed by atoms with Crippen molar-refractivity contribution in [2.24, 2.45) is 5.73 Å². The minimum Gasteiger partial charge on any atom is -0.480 e. The number of piperidine rings is 1. The number of nitrogen functional groups attached to an aromatic ring is 1. The summed E-state index contributed by atoms with van der Waals surface area (Å²) in [5, 5.41) is 4.19. The summed E-state index contributed by atoms with van der Waals surface area (Å²) >= 11 is 0. The number of anilines is 1. The van der Waals surface area contributed by atoms with Gasteiger partial charge in [-0.05, 0) is 12.5 Å². The molecule has 1 aliphatic rings. The molecule has 4 heterocycles. The summed E-state index contributed by atoms with van der Waals surface area (Å²) in [5.74, 6) is -0.730. The van der Waals surface area contributed by atoms with Gasteiger partial charge in [0.1, 0.15) is 11.3 Å². The standard InChI is InChI=1S/C18H20F2N8O2/c1-30-16-9(7-23-18(22)26-16)17(29)27-5-3-11(21)10(8-27)13-6-12(15(19)20)25-14-2-4-24-28(13)14/h2,4,6-7,10-11,15H,3,5,8,21H2,1H3,(H2,22,23,26)/t10-,11+/m1/s1. The third kappa shape index (κ3) is 3.49. The number of carbonyl (C=O) groups excluding carboxylic acids is 1. The van der Waals surface area contributed by atoms with Crippen LogP contribution in [0.4, 0.5) is 14.7 Å². The maximum Gasteiger partial charge on any atom is 0.280 e. The van der Waals surface area contributed by atoms with Crippen molar-refractivity contribution in [1.82, 2.24) is 29.5 Å². The number of methoxy groups -OCH3 is 1. The Morgan fingerprint density at radius 1 is 1.37 bits per heavy atom. The first-order valence-electron chi connectivity index (χ1n) is 9.23. The Hall–Kier alpha value is -3.41. The molecule has 1 amide bonds. The smallest absolute Gasteiger partial charge is 0.280 e. The van der Waals surface area contributed by atoms with Crippen LogP contribution in [-0.4, -0.2) is 61.6 Å². The predicted octanol–water partition coefficient (Wildman–Crippen LogP) is 1.00.